The Hall–Kier alpha value is -1.29. The highest BCUT2D eigenvalue weighted by Gasteiger charge is 2.09. The molecule has 0 heterocycles. The Bertz CT molecular complexity index is 661. The molecule has 0 spiro atoms. The maximum Gasteiger partial charge on any atom is 0.251 e. The fourth-order valence-corrected chi connectivity index (χ4v) is 2.11. The fourth-order valence-electron chi connectivity index (χ4n) is 1.58. The lowest BCUT2D eigenvalue weighted by Crippen LogP contribution is -2.22. The number of rotatable bonds is 3. The summed E-state index contributed by atoms with van der Waals surface area (Å²) in [5.41, 5.74) is 1.01. The lowest BCUT2D eigenvalue weighted by atomic mass is 10.2. The van der Waals surface area contributed by atoms with Crippen LogP contribution in [0.3, 0.4) is 0 Å². The van der Waals surface area contributed by atoms with Gasteiger partial charge in [0.25, 0.3) is 5.91 Å². The molecule has 0 unspecified atom stereocenters. The minimum absolute atomic E-state index is 0.193. The Morgan fingerprint density at radius 2 is 1.75 bits per heavy atom. The van der Waals surface area contributed by atoms with Gasteiger partial charge in [-0.2, -0.15) is 0 Å². The van der Waals surface area contributed by atoms with Crippen molar-refractivity contribution in [3.8, 4) is 0 Å². The minimum Gasteiger partial charge on any atom is -0.348 e. The summed E-state index contributed by atoms with van der Waals surface area (Å²) in [4.78, 5) is 11.9. The monoisotopic (exact) mass is 331 g/mol. The maximum absolute atomic E-state index is 12.9. The van der Waals surface area contributed by atoms with Gasteiger partial charge in [0.05, 0.1) is 10.0 Å². The number of halogens is 4. The Labute approximate surface area is 130 Å². The van der Waals surface area contributed by atoms with E-state index in [1.807, 2.05) is 0 Å². The molecule has 0 bridgehead atoms. The van der Waals surface area contributed by atoms with Crippen LogP contribution >= 0.6 is 34.8 Å². The van der Waals surface area contributed by atoms with Crippen LogP contribution in [0.5, 0.6) is 0 Å². The topological polar surface area (TPSA) is 29.1 Å². The van der Waals surface area contributed by atoms with E-state index in [0.29, 0.717) is 21.2 Å². The van der Waals surface area contributed by atoms with Gasteiger partial charge in [0, 0.05) is 17.1 Å². The van der Waals surface area contributed by atoms with E-state index in [9.17, 15) is 9.18 Å². The summed E-state index contributed by atoms with van der Waals surface area (Å²) in [6.07, 6.45) is 0. The molecule has 0 aromatic heterocycles. The van der Waals surface area contributed by atoms with Gasteiger partial charge in [0.2, 0.25) is 0 Å². The van der Waals surface area contributed by atoms with Gasteiger partial charge in [0.15, 0.2) is 0 Å². The zero-order chi connectivity index (χ0) is 14.7. The van der Waals surface area contributed by atoms with Crippen molar-refractivity contribution in [3.63, 3.8) is 0 Å². The van der Waals surface area contributed by atoms with Crippen LogP contribution in [0.2, 0.25) is 15.1 Å². The van der Waals surface area contributed by atoms with Gasteiger partial charge >= 0.3 is 0 Å². The average molecular weight is 333 g/mol. The third kappa shape index (κ3) is 3.63. The molecular weight excluding hydrogens is 324 g/mol. The SMILES string of the molecule is O=C(NCc1ccc(F)cc1Cl)c1ccc(Cl)c(Cl)c1. The van der Waals surface area contributed by atoms with Gasteiger partial charge in [-0.05, 0) is 35.9 Å². The van der Waals surface area contributed by atoms with E-state index in [-0.39, 0.29) is 17.5 Å². The first-order valence-electron chi connectivity index (χ1n) is 5.64. The second kappa shape index (κ2) is 6.44. The van der Waals surface area contributed by atoms with Gasteiger partial charge in [-0.3, -0.25) is 4.79 Å². The molecule has 0 radical (unpaired) electrons. The van der Waals surface area contributed by atoms with Crippen LogP contribution in [0.15, 0.2) is 36.4 Å². The fraction of sp³-hybridized carbons (Fsp3) is 0.0714. The molecule has 2 aromatic carbocycles. The van der Waals surface area contributed by atoms with Crippen molar-refractivity contribution >= 4 is 40.7 Å². The molecule has 0 aliphatic heterocycles. The predicted octanol–water partition coefficient (Wildman–Crippen LogP) is 4.72. The normalized spacial score (nSPS) is 10.4. The molecule has 104 valence electrons. The van der Waals surface area contributed by atoms with Crippen LogP contribution in [-0.4, -0.2) is 5.91 Å². The van der Waals surface area contributed by atoms with Gasteiger partial charge in [-0.25, -0.2) is 4.39 Å². The first kappa shape index (κ1) is 15.1. The smallest absolute Gasteiger partial charge is 0.251 e. The third-order valence-electron chi connectivity index (χ3n) is 2.64. The van der Waals surface area contributed by atoms with Crippen molar-refractivity contribution in [1.29, 1.82) is 0 Å². The molecule has 6 heteroatoms. The predicted molar refractivity (Wildman–Crippen MR) is 79.0 cm³/mol. The molecule has 0 fully saturated rings. The minimum atomic E-state index is -0.422. The van der Waals surface area contributed by atoms with Crippen LogP contribution in [0.25, 0.3) is 0 Å². The second-order valence-corrected chi connectivity index (χ2v) is 5.27. The van der Waals surface area contributed by atoms with Gasteiger partial charge < -0.3 is 5.32 Å². The van der Waals surface area contributed by atoms with Crippen LogP contribution in [0, 0.1) is 5.82 Å². The van der Waals surface area contributed by atoms with Crippen LogP contribution in [0.1, 0.15) is 15.9 Å². The Kier molecular flexibility index (Phi) is 4.86. The van der Waals surface area contributed by atoms with Crippen molar-refractivity contribution < 1.29 is 9.18 Å². The molecule has 2 rings (SSSR count). The zero-order valence-corrected chi connectivity index (χ0v) is 12.4. The first-order chi connectivity index (χ1) is 9.47. The molecule has 0 aliphatic rings. The average Bonchev–Trinajstić information content (AvgIpc) is 2.40. The van der Waals surface area contributed by atoms with Crippen molar-refractivity contribution in [3.05, 3.63) is 68.4 Å². The van der Waals surface area contributed by atoms with Crippen molar-refractivity contribution in [2.45, 2.75) is 6.54 Å². The van der Waals surface area contributed by atoms with Gasteiger partial charge in [-0.15, -0.1) is 0 Å². The number of amides is 1. The Morgan fingerprint density at radius 3 is 2.40 bits per heavy atom. The highest BCUT2D eigenvalue weighted by atomic mass is 35.5. The van der Waals surface area contributed by atoms with E-state index in [1.54, 1.807) is 12.1 Å². The van der Waals surface area contributed by atoms with E-state index in [1.165, 1.54) is 24.3 Å². The standard InChI is InChI=1S/C14H9Cl3FNO/c15-11-4-2-8(5-13(11)17)14(20)19-7-9-1-3-10(18)6-12(9)16/h1-6H,7H2,(H,19,20). The van der Waals surface area contributed by atoms with E-state index < -0.39 is 5.82 Å². The number of carbonyl (C=O) groups excluding carboxylic acids is 1. The third-order valence-corrected chi connectivity index (χ3v) is 3.73. The summed E-state index contributed by atoms with van der Waals surface area (Å²) in [7, 11) is 0. The number of hydrogen-bond acceptors (Lipinski definition) is 1. The number of benzene rings is 2. The summed E-state index contributed by atoms with van der Waals surface area (Å²) in [6.45, 7) is 0.193. The summed E-state index contributed by atoms with van der Waals surface area (Å²) in [5.74, 6) is -0.737. The van der Waals surface area contributed by atoms with Crippen molar-refractivity contribution in [1.82, 2.24) is 5.32 Å². The number of carbonyl (C=O) groups is 1. The second-order valence-electron chi connectivity index (χ2n) is 4.05. The molecule has 0 saturated carbocycles. The van der Waals surface area contributed by atoms with E-state index in [2.05, 4.69) is 5.32 Å². The number of nitrogens with one attached hydrogen (secondary N) is 1. The van der Waals surface area contributed by atoms with Crippen LogP contribution in [0.4, 0.5) is 4.39 Å². The highest BCUT2D eigenvalue weighted by molar-refractivity contribution is 6.42. The summed E-state index contributed by atoms with van der Waals surface area (Å²) in [5, 5.41) is 3.62. The molecule has 0 aliphatic carbocycles. The van der Waals surface area contributed by atoms with Gasteiger partial charge in [0.1, 0.15) is 5.82 Å². The van der Waals surface area contributed by atoms with Crippen molar-refractivity contribution in [2.75, 3.05) is 0 Å². The quantitative estimate of drug-likeness (QED) is 0.866. The van der Waals surface area contributed by atoms with Crippen LogP contribution in [-0.2, 0) is 6.54 Å². The molecule has 20 heavy (non-hydrogen) atoms. The lowest BCUT2D eigenvalue weighted by Gasteiger charge is -2.08. The lowest BCUT2D eigenvalue weighted by molar-refractivity contribution is 0.0951. The highest BCUT2D eigenvalue weighted by Crippen LogP contribution is 2.22. The van der Waals surface area contributed by atoms with E-state index in [4.69, 9.17) is 34.8 Å². The molecule has 0 atom stereocenters. The Morgan fingerprint density at radius 1 is 1.00 bits per heavy atom. The zero-order valence-electron chi connectivity index (χ0n) is 10.1. The van der Waals surface area contributed by atoms with Gasteiger partial charge in [-0.1, -0.05) is 40.9 Å². The molecule has 1 amide bonds. The Balaban J connectivity index is 2.06. The summed E-state index contributed by atoms with van der Waals surface area (Å²) in [6, 6.07) is 8.59. The molecule has 2 nitrogen and oxygen atoms in total. The summed E-state index contributed by atoms with van der Waals surface area (Å²) < 4.78 is 12.9. The first-order valence-corrected chi connectivity index (χ1v) is 6.78. The van der Waals surface area contributed by atoms with E-state index in [0.717, 1.165) is 0 Å². The van der Waals surface area contributed by atoms with E-state index >= 15 is 0 Å². The van der Waals surface area contributed by atoms with Crippen molar-refractivity contribution in [2.24, 2.45) is 0 Å². The van der Waals surface area contributed by atoms with Crippen LogP contribution < -0.4 is 5.32 Å². The molecular formula is C14H9Cl3FNO. The molecule has 0 saturated heterocycles. The molecule has 1 N–H and O–H groups in total. The summed E-state index contributed by atoms with van der Waals surface area (Å²) >= 11 is 17.5. The largest absolute Gasteiger partial charge is 0.348 e. The molecule has 2 aromatic rings. The maximum atomic E-state index is 12.9. The number of hydrogen-bond donors (Lipinski definition) is 1.